The number of carbonyl (C=O) groups excluding carboxylic acids is 1. The Balaban J connectivity index is 0.827. The molecule has 2 fully saturated rings. The Morgan fingerprint density at radius 3 is 2.23 bits per heavy atom. The van der Waals surface area contributed by atoms with Crippen molar-refractivity contribution in [1.29, 1.82) is 0 Å². The Morgan fingerprint density at radius 2 is 1.46 bits per heavy atom. The monoisotopic (exact) mass is 815 g/mol. The first-order valence-electron chi connectivity index (χ1n) is 20.9. The highest BCUT2D eigenvalue weighted by Crippen LogP contribution is 2.39. The van der Waals surface area contributed by atoms with Gasteiger partial charge in [0.25, 0.3) is 0 Å². The van der Waals surface area contributed by atoms with Crippen LogP contribution < -0.4 is 21.1 Å². The number of carbonyl (C=O) groups is 1. The van der Waals surface area contributed by atoms with Crippen molar-refractivity contribution in [3.8, 4) is 22.6 Å². The Labute approximate surface area is 354 Å². The highest BCUT2D eigenvalue weighted by Gasteiger charge is 2.34. The average molecular weight is 816 g/mol. The number of anilines is 1. The van der Waals surface area contributed by atoms with E-state index in [0.717, 1.165) is 82.6 Å². The molecule has 11 heteroatoms. The topological polar surface area (TPSA) is 130 Å². The number of hydrogen-bond donors (Lipinski definition) is 4. The lowest BCUT2D eigenvalue weighted by molar-refractivity contribution is -0.253. The van der Waals surface area contributed by atoms with E-state index >= 15 is 0 Å². The lowest BCUT2D eigenvalue weighted by Crippen LogP contribution is -2.43. The molecule has 0 unspecified atom stereocenters. The Kier molecular flexibility index (Phi) is 12.1. The van der Waals surface area contributed by atoms with E-state index in [9.17, 15) is 14.7 Å². The number of rotatable bonds is 12. The first kappa shape index (κ1) is 39.9. The van der Waals surface area contributed by atoms with E-state index in [-0.39, 0.29) is 36.6 Å². The summed E-state index contributed by atoms with van der Waals surface area (Å²) >= 11 is 0. The second kappa shape index (κ2) is 18.4. The van der Waals surface area contributed by atoms with Gasteiger partial charge in [-0.3, -0.25) is 4.57 Å². The number of urea groups is 1. The van der Waals surface area contributed by atoms with E-state index in [0.29, 0.717) is 24.4 Å². The molecule has 0 bridgehead atoms. The van der Waals surface area contributed by atoms with Gasteiger partial charge in [0.15, 0.2) is 6.29 Å². The maximum Gasteiger partial charge on any atom is 0.326 e. The standard InChI is InChI=1S/C50H49N5O6/c56-33-34-13-15-37(16-14-34)47-30-44(32-54-27-25-41(26-28-54)55-46-12-5-4-11-45(46)53-50(55)58)60-48(61-47)38-19-17-36(18-20-38)39-8-6-7-35(29-39)31-51-49(57)52-40-21-23-43(24-22-40)59-42-9-2-1-3-10-42/h1-24,29,41,44,47-48,56H,25-28,30-33H2,(H,53,58)(H2,51,52,57)/t44-,47+,48+/m0/s1. The lowest BCUT2D eigenvalue weighted by atomic mass is 9.98. The molecule has 3 heterocycles. The minimum Gasteiger partial charge on any atom is -0.457 e. The molecule has 0 saturated carbocycles. The number of fused-ring (bicyclic) bond motifs is 1. The highest BCUT2D eigenvalue weighted by molar-refractivity contribution is 5.89. The molecule has 9 rings (SSSR count). The molecule has 2 saturated heterocycles. The third-order valence-electron chi connectivity index (χ3n) is 11.6. The molecule has 310 valence electrons. The van der Waals surface area contributed by atoms with E-state index in [1.807, 2.05) is 120 Å². The molecule has 61 heavy (non-hydrogen) atoms. The summed E-state index contributed by atoms with van der Waals surface area (Å²) in [5, 5.41) is 15.5. The van der Waals surface area contributed by atoms with Gasteiger partial charge in [0.05, 0.1) is 29.8 Å². The summed E-state index contributed by atoms with van der Waals surface area (Å²) in [5.41, 5.74) is 8.32. The Bertz CT molecular complexity index is 2600. The van der Waals surface area contributed by atoms with Crippen molar-refractivity contribution in [2.24, 2.45) is 0 Å². The van der Waals surface area contributed by atoms with Gasteiger partial charge in [0, 0.05) is 49.9 Å². The number of amides is 2. The van der Waals surface area contributed by atoms with Crippen LogP contribution in [0.2, 0.25) is 0 Å². The number of benzene rings is 6. The molecule has 0 radical (unpaired) electrons. The number of para-hydroxylation sites is 3. The number of H-pyrrole nitrogens is 1. The van der Waals surface area contributed by atoms with Gasteiger partial charge < -0.3 is 39.8 Å². The molecule has 3 atom stereocenters. The SMILES string of the molecule is O=C(NCc1cccc(-c2ccc([C@@H]3O[C@H](CN4CCC(n5c(=O)[nH]c6ccccc65)CC4)C[C@H](c4ccc(CO)cc4)O3)cc2)c1)Nc1ccc(Oc2ccccc2)cc1. The van der Waals surface area contributed by atoms with Gasteiger partial charge in [-0.05, 0) is 95.3 Å². The second-order valence-electron chi connectivity index (χ2n) is 15.8. The van der Waals surface area contributed by atoms with Crippen LogP contribution in [-0.2, 0) is 22.6 Å². The number of nitrogens with zero attached hydrogens (tertiary/aromatic N) is 2. The second-order valence-corrected chi connectivity index (χ2v) is 15.8. The zero-order valence-electron chi connectivity index (χ0n) is 33.8. The number of hydrogen-bond acceptors (Lipinski definition) is 7. The zero-order chi connectivity index (χ0) is 41.5. The van der Waals surface area contributed by atoms with Gasteiger partial charge in [0.1, 0.15) is 11.5 Å². The van der Waals surface area contributed by atoms with Crippen molar-refractivity contribution in [2.75, 3.05) is 25.0 Å². The summed E-state index contributed by atoms with van der Waals surface area (Å²) in [6, 6.07) is 48.9. The number of nitrogens with one attached hydrogen (secondary N) is 3. The number of ether oxygens (including phenoxy) is 3. The number of imidazole rings is 1. The third kappa shape index (κ3) is 9.61. The molecule has 4 N–H and O–H groups in total. The predicted molar refractivity (Wildman–Crippen MR) is 236 cm³/mol. The third-order valence-corrected chi connectivity index (χ3v) is 11.6. The molecule has 1 aromatic heterocycles. The van der Waals surface area contributed by atoms with Crippen molar-refractivity contribution in [3.63, 3.8) is 0 Å². The number of aromatic amines is 1. The van der Waals surface area contributed by atoms with Crippen LogP contribution in [0.5, 0.6) is 11.5 Å². The molecule has 2 aliphatic rings. The summed E-state index contributed by atoms with van der Waals surface area (Å²) in [7, 11) is 0. The fraction of sp³-hybridized carbons (Fsp3) is 0.240. The van der Waals surface area contributed by atoms with E-state index < -0.39 is 6.29 Å². The highest BCUT2D eigenvalue weighted by atomic mass is 16.7. The van der Waals surface area contributed by atoms with E-state index in [1.54, 1.807) is 0 Å². The summed E-state index contributed by atoms with van der Waals surface area (Å²) < 4.78 is 21.2. The van der Waals surface area contributed by atoms with Crippen molar-refractivity contribution in [3.05, 3.63) is 184 Å². The van der Waals surface area contributed by atoms with Gasteiger partial charge in [0.2, 0.25) is 0 Å². The molecular weight excluding hydrogens is 767 g/mol. The zero-order valence-corrected chi connectivity index (χ0v) is 33.8. The van der Waals surface area contributed by atoms with Crippen LogP contribution in [0, 0.1) is 0 Å². The predicted octanol–water partition coefficient (Wildman–Crippen LogP) is 9.49. The van der Waals surface area contributed by atoms with Crippen LogP contribution >= 0.6 is 0 Å². The van der Waals surface area contributed by atoms with E-state index in [2.05, 4.69) is 56.9 Å². The first-order chi connectivity index (χ1) is 29.9. The fourth-order valence-electron chi connectivity index (χ4n) is 8.40. The molecule has 2 amide bonds. The van der Waals surface area contributed by atoms with Crippen LogP contribution in [0.25, 0.3) is 22.2 Å². The van der Waals surface area contributed by atoms with Gasteiger partial charge in [-0.25, -0.2) is 9.59 Å². The molecule has 6 aromatic carbocycles. The number of piperidine rings is 1. The Hall–Kier alpha value is -6.50. The van der Waals surface area contributed by atoms with E-state index in [1.165, 1.54) is 0 Å². The molecule has 0 aliphatic carbocycles. The van der Waals surface area contributed by atoms with E-state index in [4.69, 9.17) is 14.2 Å². The van der Waals surface area contributed by atoms with Crippen LogP contribution in [-0.4, -0.2) is 51.3 Å². The maximum absolute atomic E-state index is 12.9. The summed E-state index contributed by atoms with van der Waals surface area (Å²) in [5.74, 6) is 1.43. The van der Waals surface area contributed by atoms with Crippen LogP contribution in [0.15, 0.2) is 156 Å². The molecule has 2 aliphatic heterocycles. The van der Waals surface area contributed by atoms with Gasteiger partial charge in [-0.1, -0.05) is 97.1 Å². The summed E-state index contributed by atoms with van der Waals surface area (Å²) in [6.45, 7) is 2.84. The average Bonchev–Trinajstić information content (AvgIpc) is 3.65. The summed E-state index contributed by atoms with van der Waals surface area (Å²) in [4.78, 5) is 31.2. The number of aliphatic hydroxyl groups is 1. The minimum atomic E-state index is -0.570. The van der Waals surface area contributed by atoms with Crippen molar-refractivity contribution in [1.82, 2.24) is 19.8 Å². The Morgan fingerprint density at radius 1 is 0.738 bits per heavy atom. The molecule has 11 nitrogen and oxygen atoms in total. The first-order valence-corrected chi connectivity index (χ1v) is 20.9. The smallest absolute Gasteiger partial charge is 0.326 e. The normalized spacial score (nSPS) is 18.5. The van der Waals surface area contributed by atoms with Crippen LogP contribution in [0.3, 0.4) is 0 Å². The fourth-order valence-corrected chi connectivity index (χ4v) is 8.40. The summed E-state index contributed by atoms with van der Waals surface area (Å²) in [6.07, 6.45) is 1.62. The maximum atomic E-state index is 12.9. The van der Waals surface area contributed by atoms with Crippen molar-refractivity contribution < 1.29 is 24.1 Å². The van der Waals surface area contributed by atoms with Crippen LogP contribution in [0.4, 0.5) is 10.5 Å². The van der Waals surface area contributed by atoms with Gasteiger partial charge in [-0.15, -0.1) is 0 Å². The molecule has 0 spiro atoms. The van der Waals surface area contributed by atoms with Crippen molar-refractivity contribution in [2.45, 2.75) is 57.0 Å². The van der Waals surface area contributed by atoms with Crippen molar-refractivity contribution >= 4 is 22.8 Å². The molecule has 7 aromatic rings. The lowest BCUT2D eigenvalue weighted by Gasteiger charge is -2.40. The molecular formula is C50H49N5O6. The largest absolute Gasteiger partial charge is 0.457 e. The number of aliphatic hydroxyl groups excluding tert-OH is 1. The quantitative estimate of drug-likeness (QED) is 0.0967. The minimum absolute atomic E-state index is 0.0104. The number of aromatic nitrogens is 2. The number of likely N-dealkylation sites (tertiary alicyclic amines) is 1. The van der Waals surface area contributed by atoms with Gasteiger partial charge in [-0.2, -0.15) is 0 Å². The van der Waals surface area contributed by atoms with Gasteiger partial charge >= 0.3 is 11.7 Å². The van der Waals surface area contributed by atoms with Crippen LogP contribution in [0.1, 0.15) is 60.0 Å².